The molecule has 0 radical (unpaired) electrons. The van der Waals surface area contributed by atoms with E-state index in [-0.39, 0.29) is 29.9 Å². The number of nitrogens with one attached hydrogen (secondary N) is 2. The summed E-state index contributed by atoms with van der Waals surface area (Å²) in [7, 11) is -1.36. The Kier molecular flexibility index (Phi) is 4.39. The van der Waals surface area contributed by atoms with E-state index in [9.17, 15) is 13.2 Å². The summed E-state index contributed by atoms with van der Waals surface area (Å²) in [4.78, 5) is 17.7. The van der Waals surface area contributed by atoms with Gasteiger partial charge in [-0.25, -0.2) is 13.4 Å². The van der Waals surface area contributed by atoms with Crippen LogP contribution in [0.3, 0.4) is 0 Å². The summed E-state index contributed by atoms with van der Waals surface area (Å²) in [5.74, 6) is 1.28. The van der Waals surface area contributed by atoms with Gasteiger partial charge >= 0.3 is 0 Å². The molecule has 20 heavy (non-hydrogen) atoms. The summed E-state index contributed by atoms with van der Waals surface area (Å²) in [5, 5.41) is 9.75. The highest BCUT2D eigenvalue weighted by atomic mass is 32.2. The maximum Gasteiger partial charge on any atom is 0.224 e. The van der Waals surface area contributed by atoms with Gasteiger partial charge in [-0.3, -0.25) is 9.89 Å². The number of hydrogen-bond acceptors (Lipinski definition) is 6. The number of aryl methyl sites for hydroxylation is 1. The van der Waals surface area contributed by atoms with E-state index < -0.39 is 9.84 Å². The first-order valence-electron chi connectivity index (χ1n) is 6.41. The SMILES string of the molecule is Cc1nc(CN(C)C(=O)CC2CS(=O)(=O)CCN2)n[nH]1. The number of carbonyl (C=O) groups is 1. The number of sulfone groups is 1. The molecule has 2 heterocycles. The summed E-state index contributed by atoms with van der Waals surface area (Å²) in [5.41, 5.74) is 0. The van der Waals surface area contributed by atoms with Gasteiger partial charge < -0.3 is 10.2 Å². The molecule has 2 N–H and O–H groups in total. The van der Waals surface area contributed by atoms with Crippen LogP contribution in [-0.4, -0.2) is 65.5 Å². The second-order valence-corrected chi connectivity index (χ2v) is 7.29. The van der Waals surface area contributed by atoms with Crippen LogP contribution in [0.1, 0.15) is 18.1 Å². The van der Waals surface area contributed by atoms with Crippen LogP contribution in [0.25, 0.3) is 0 Å². The van der Waals surface area contributed by atoms with Crippen molar-refractivity contribution in [2.75, 3.05) is 25.1 Å². The largest absolute Gasteiger partial charge is 0.338 e. The van der Waals surface area contributed by atoms with E-state index in [1.54, 1.807) is 14.0 Å². The maximum absolute atomic E-state index is 12.1. The number of hydrogen-bond donors (Lipinski definition) is 2. The molecule has 0 aliphatic carbocycles. The minimum absolute atomic E-state index is 0.0202. The topological polar surface area (TPSA) is 108 Å². The number of rotatable bonds is 4. The smallest absolute Gasteiger partial charge is 0.224 e. The van der Waals surface area contributed by atoms with Crippen molar-refractivity contribution in [1.29, 1.82) is 0 Å². The van der Waals surface area contributed by atoms with Crippen LogP contribution in [0, 0.1) is 6.92 Å². The number of nitrogens with zero attached hydrogens (tertiary/aromatic N) is 3. The first-order valence-corrected chi connectivity index (χ1v) is 8.23. The predicted octanol–water partition coefficient (Wildman–Crippen LogP) is -1.15. The van der Waals surface area contributed by atoms with E-state index >= 15 is 0 Å². The molecule has 0 bridgehead atoms. The standard InChI is InChI=1S/C11H19N5O3S/c1-8-13-10(15-14-8)6-16(2)11(17)5-9-7-20(18,19)4-3-12-9/h9,12H,3-7H2,1-2H3,(H,13,14,15). The lowest BCUT2D eigenvalue weighted by molar-refractivity contribution is -0.130. The molecular formula is C11H19N5O3S. The molecule has 0 spiro atoms. The number of aromatic nitrogens is 3. The Balaban J connectivity index is 1.87. The Morgan fingerprint density at radius 2 is 2.25 bits per heavy atom. The molecule has 112 valence electrons. The van der Waals surface area contributed by atoms with Crippen molar-refractivity contribution in [1.82, 2.24) is 25.4 Å². The van der Waals surface area contributed by atoms with Gasteiger partial charge in [0, 0.05) is 26.1 Å². The van der Waals surface area contributed by atoms with Gasteiger partial charge in [0.15, 0.2) is 15.7 Å². The Hall–Kier alpha value is -1.48. The third kappa shape index (κ3) is 4.01. The number of H-pyrrole nitrogens is 1. The Bertz CT molecular complexity index is 583. The lowest BCUT2D eigenvalue weighted by Crippen LogP contribution is -2.47. The number of amides is 1. The van der Waals surface area contributed by atoms with E-state index in [0.29, 0.717) is 24.7 Å². The Morgan fingerprint density at radius 1 is 1.50 bits per heavy atom. The van der Waals surface area contributed by atoms with Gasteiger partial charge in [0.25, 0.3) is 0 Å². The molecule has 0 aromatic carbocycles. The molecule has 1 amide bonds. The molecule has 8 nitrogen and oxygen atoms in total. The monoisotopic (exact) mass is 301 g/mol. The van der Waals surface area contributed by atoms with Gasteiger partial charge in [-0.2, -0.15) is 5.10 Å². The zero-order valence-corrected chi connectivity index (χ0v) is 12.4. The van der Waals surface area contributed by atoms with Crippen molar-refractivity contribution < 1.29 is 13.2 Å². The zero-order chi connectivity index (χ0) is 14.8. The molecule has 1 saturated heterocycles. The van der Waals surface area contributed by atoms with Crippen molar-refractivity contribution in [2.45, 2.75) is 25.9 Å². The molecular weight excluding hydrogens is 282 g/mol. The van der Waals surface area contributed by atoms with Gasteiger partial charge in [0.2, 0.25) is 5.91 Å². The lowest BCUT2D eigenvalue weighted by Gasteiger charge is -2.25. The van der Waals surface area contributed by atoms with Crippen LogP contribution in [0.2, 0.25) is 0 Å². The molecule has 1 aliphatic rings. The average molecular weight is 301 g/mol. The zero-order valence-electron chi connectivity index (χ0n) is 11.6. The van der Waals surface area contributed by atoms with Crippen molar-refractivity contribution >= 4 is 15.7 Å². The predicted molar refractivity (Wildman–Crippen MR) is 72.7 cm³/mol. The normalized spacial score (nSPS) is 21.6. The second kappa shape index (κ2) is 5.88. The summed E-state index contributed by atoms with van der Waals surface area (Å²) < 4.78 is 23.0. The van der Waals surface area contributed by atoms with Crippen molar-refractivity contribution in [3.63, 3.8) is 0 Å². The minimum atomic E-state index is -3.02. The highest BCUT2D eigenvalue weighted by Crippen LogP contribution is 2.08. The van der Waals surface area contributed by atoms with Crippen LogP contribution in [0.15, 0.2) is 0 Å². The van der Waals surface area contributed by atoms with Crippen molar-refractivity contribution in [3.8, 4) is 0 Å². The molecule has 1 aromatic rings. The summed E-state index contributed by atoms with van der Waals surface area (Å²) >= 11 is 0. The third-order valence-electron chi connectivity index (χ3n) is 3.17. The third-order valence-corrected chi connectivity index (χ3v) is 4.91. The molecule has 0 saturated carbocycles. The van der Waals surface area contributed by atoms with E-state index in [1.165, 1.54) is 4.90 Å². The Labute approximate surface area is 117 Å². The van der Waals surface area contributed by atoms with E-state index in [4.69, 9.17) is 0 Å². The number of aromatic amines is 1. The van der Waals surface area contributed by atoms with E-state index in [0.717, 1.165) is 0 Å². The molecule has 1 atom stereocenters. The van der Waals surface area contributed by atoms with Crippen molar-refractivity contribution in [3.05, 3.63) is 11.6 Å². The van der Waals surface area contributed by atoms with Gasteiger partial charge in [-0.15, -0.1) is 0 Å². The van der Waals surface area contributed by atoms with Gasteiger partial charge in [-0.1, -0.05) is 0 Å². The van der Waals surface area contributed by atoms with Crippen LogP contribution in [0.5, 0.6) is 0 Å². The van der Waals surface area contributed by atoms with E-state index in [1.807, 2.05) is 0 Å². The maximum atomic E-state index is 12.1. The van der Waals surface area contributed by atoms with E-state index in [2.05, 4.69) is 20.5 Å². The lowest BCUT2D eigenvalue weighted by atomic mass is 10.2. The second-order valence-electron chi connectivity index (χ2n) is 5.06. The van der Waals surface area contributed by atoms with Crippen LogP contribution < -0.4 is 5.32 Å². The fourth-order valence-electron chi connectivity index (χ4n) is 2.13. The molecule has 2 rings (SSSR count). The Morgan fingerprint density at radius 3 is 2.85 bits per heavy atom. The van der Waals surface area contributed by atoms with Crippen molar-refractivity contribution in [2.24, 2.45) is 0 Å². The fourth-order valence-corrected chi connectivity index (χ4v) is 3.57. The van der Waals surface area contributed by atoms with Gasteiger partial charge in [-0.05, 0) is 6.92 Å². The summed E-state index contributed by atoms with van der Waals surface area (Å²) in [6.45, 7) is 2.50. The van der Waals surface area contributed by atoms with Crippen LogP contribution >= 0.6 is 0 Å². The van der Waals surface area contributed by atoms with Crippen LogP contribution in [-0.2, 0) is 21.2 Å². The summed E-state index contributed by atoms with van der Waals surface area (Å²) in [6, 6.07) is -0.308. The highest BCUT2D eigenvalue weighted by molar-refractivity contribution is 7.91. The minimum Gasteiger partial charge on any atom is -0.338 e. The van der Waals surface area contributed by atoms with Gasteiger partial charge in [0.1, 0.15) is 5.82 Å². The quantitative estimate of drug-likeness (QED) is 0.727. The average Bonchev–Trinajstić information content (AvgIpc) is 2.73. The molecule has 1 aromatic heterocycles. The van der Waals surface area contributed by atoms with Gasteiger partial charge in [0.05, 0.1) is 18.1 Å². The first-order chi connectivity index (χ1) is 9.35. The fraction of sp³-hybridized carbons (Fsp3) is 0.727. The molecule has 9 heteroatoms. The summed E-state index contributed by atoms with van der Waals surface area (Å²) in [6.07, 6.45) is 0.166. The molecule has 1 aliphatic heterocycles. The number of carbonyl (C=O) groups excluding carboxylic acids is 1. The highest BCUT2D eigenvalue weighted by Gasteiger charge is 2.27. The molecule has 1 unspecified atom stereocenters. The molecule has 1 fully saturated rings. The van der Waals surface area contributed by atoms with Crippen LogP contribution in [0.4, 0.5) is 0 Å². The first kappa shape index (κ1) is 14.9.